The van der Waals surface area contributed by atoms with E-state index in [0.29, 0.717) is 25.7 Å². The van der Waals surface area contributed by atoms with Gasteiger partial charge in [0.1, 0.15) is 19.3 Å². The summed E-state index contributed by atoms with van der Waals surface area (Å²) in [5.74, 6) is -0.565. The number of unbranched alkanes of at least 4 members (excludes halogenated alkanes) is 45. The minimum atomic E-state index is -4.96. The Morgan fingerprint density at radius 1 is 0.302 bits per heavy atom. The highest BCUT2D eigenvalue weighted by Crippen LogP contribution is 2.45. The number of aliphatic hydroxyl groups excluding tert-OH is 1. The first-order valence-electron chi connectivity index (χ1n) is 40.0. The van der Waals surface area contributed by atoms with Crippen LogP contribution in [0.2, 0.25) is 0 Å². The topological polar surface area (TPSA) is 237 Å². The van der Waals surface area contributed by atoms with Crippen molar-refractivity contribution in [2.24, 2.45) is 11.8 Å². The maximum atomic E-state index is 13.1. The largest absolute Gasteiger partial charge is 0.472 e. The van der Waals surface area contributed by atoms with E-state index in [1.54, 1.807) is 0 Å². The zero-order valence-corrected chi connectivity index (χ0v) is 64.5. The second-order valence-corrected chi connectivity index (χ2v) is 31.4. The van der Waals surface area contributed by atoms with Crippen molar-refractivity contribution in [3.8, 4) is 0 Å². The van der Waals surface area contributed by atoms with Crippen LogP contribution in [0.3, 0.4) is 0 Å². The summed E-state index contributed by atoms with van der Waals surface area (Å²) in [6, 6.07) is 0. The first-order chi connectivity index (χ1) is 46.4. The lowest BCUT2D eigenvalue weighted by Gasteiger charge is -2.21. The van der Waals surface area contributed by atoms with Crippen molar-refractivity contribution >= 4 is 39.5 Å². The zero-order chi connectivity index (χ0) is 70.7. The van der Waals surface area contributed by atoms with Crippen LogP contribution in [0.4, 0.5) is 0 Å². The number of phosphoric ester groups is 2. The van der Waals surface area contributed by atoms with Crippen LogP contribution in [0.5, 0.6) is 0 Å². The van der Waals surface area contributed by atoms with Crippen molar-refractivity contribution in [2.75, 3.05) is 39.6 Å². The first kappa shape index (κ1) is 94.1. The molecule has 0 fully saturated rings. The number of esters is 4. The number of hydrogen-bond donors (Lipinski definition) is 3. The molecule has 3 N–H and O–H groups in total. The van der Waals surface area contributed by atoms with E-state index in [1.165, 1.54) is 218 Å². The van der Waals surface area contributed by atoms with E-state index in [0.717, 1.165) is 102 Å². The first-order valence-corrected chi connectivity index (χ1v) is 43.0. The van der Waals surface area contributed by atoms with Gasteiger partial charge in [-0.15, -0.1) is 0 Å². The Labute approximate surface area is 588 Å². The van der Waals surface area contributed by atoms with Crippen LogP contribution in [0.1, 0.15) is 401 Å². The summed E-state index contributed by atoms with van der Waals surface area (Å²) in [7, 11) is -9.91. The van der Waals surface area contributed by atoms with Gasteiger partial charge in [-0.2, -0.15) is 0 Å². The molecule has 0 heterocycles. The molecular weight excluding hydrogens is 1260 g/mol. The lowest BCUT2D eigenvalue weighted by Crippen LogP contribution is -2.30. The number of aliphatic hydroxyl groups is 1. The minimum Gasteiger partial charge on any atom is -0.462 e. The highest BCUT2D eigenvalue weighted by Gasteiger charge is 2.30. The normalized spacial score (nSPS) is 14.3. The van der Waals surface area contributed by atoms with Gasteiger partial charge in [-0.05, 0) is 37.5 Å². The minimum absolute atomic E-state index is 0.106. The van der Waals surface area contributed by atoms with E-state index < -0.39 is 97.5 Å². The number of carbonyl (C=O) groups is 4. The Balaban J connectivity index is 5.27. The number of carbonyl (C=O) groups excluding carboxylic acids is 4. The monoisotopic (exact) mass is 1410 g/mol. The molecule has 0 bridgehead atoms. The third-order valence-corrected chi connectivity index (χ3v) is 20.2. The van der Waals surface area contributed by atoms with Crippen molar-refractivity contribution in [3.63, 3.8) is 0 Å². The highest BCUT2D eigenvalue weighted by molar-refractivity contribution is 7.47. The van der Waals surface area contributed by atoms with Crippen molar-refractivity contribution in [2.45, 2.75) is 419 Å². The van der Waals surface area contributed by atoms with Crippen LogP contribution in [0.25, 0.3) is 0 Å². The lowest BCUT2D eigenvalue weighted by atomic mass is 9.99. The molecule has 0 saturated heterocycles. The average molecular weight is 1410 g/mol. The van der Waals surface area contributed by atoms with Crippen molar-refractivity contribution in [1.82, 2.24) is 0 Å². The summed E-state index contributed by atoms with van der Waals surface area (Å²) >= 11 is 0. The Kier molecular flexibility index (Phi) is 67.4. The molecule has 6 atom stereocenters. The maximum absolute atomic E-state index is 13.1. The molecule has 0 aliphatic heterocycles. The summed E-state index contributed by atoms with van der Waals surface area (Å²) in [6.45, 7) is 9.62. The van der Waals surface area contributed by atoms with Crippen LogP contribution in [-0.4, -0.2) is 96.7 Å². The third kappa shape index (κ3) is 69.2. The molecule has 0 aliphatic rings. The number of phosphoric acid groups is 2. The van der Waals surface area contributed by atoms with Crippen LogP contribution >= 0.6 is 15.6 Å². The Bertz CT molecular complexity index is 1860. The van der Waals surface area contributed by atoms with Gasteiger partial charge < -0.3 is 33.8 Å². The molecule has 19 heteroatoms. The fraction of sp³-hybridized carbons (Fsp3) is 0.948. The van der Waals surface area contributed by atoms with Crippen LogP contribution in [0, 0.1) is 11.8 Å². The van der Waals surface area contributed by atoms with Gasteiger partial charge in [-0.3, -0.25) is 37.3 Å². The number of ether oxygens (including phenoxy) is 4. The van der Waals surface area contributed by atoms with Gasteiger partial charge in [-0.25, -0.2) is 9.13 Å². The molecule has 570 valence electrons. The fourth-order valence-electron chi connectivity index (χ4n) is 11.8. The van der Waals surface area contributed by atoms with Gasteiger partial charge in [0, 0.05) is 25.7 Å². The van der Waals surface area contributed by atoms with Crippen molar-refractivity contribution < 1.29 is 80.2 Å². The van der Waals surface area contributed by atoms with Gasteiger partial charge >= 0.3 is 39.5 Å². The Hall–Kier alpha value is -1.94. The lowest BCUT2D eigenvalue weighted by molar-refractivity contribution is -0.161. The molecule has 0 amide bonds. The molecule has 0 radical (unpaired) electrons. The van der Waals surface area contributed by atoms with Gasteiger partial charge in [0.2, 0.25) is 0 Å². The second-order valence-electron chi connectivity index (χ2n) is 28.5. The average Bonchev–Trinajstić information content (AvgIpc) is 1.27. The van der Waals surface area contributed by atoms with Crippen molar-refractivity contribution in [3.05, 3.63) is 0 Å². The second kappa shape index (κ2) is 68.8. The highest BCUT2D eigenvalue weighted by atomic mass is 31.2. The number of hydrogen-bond acceptors (Lipinski definition) is 15. The standard InChI is InChI=1S/C77H150O17P2/c1-7-10-12-14-16-18-20-22-24-26-28-35-41-47-53-59-74(79)87-65-72(93-76(81)61-55-49-43-36-29-27-25-23-21-19-17-15-13-11-8-2)67-91-95(83,84)89-63-71(78)64-90-96(85,86)92-68-73(66-88-75(80)60-54-48-42-38-32-33-39-45-51-57-69(4)5)94-77(82)62-56-50-44-37-31-30-34-40-46-52-58-70(6)9-3/h69-73,78H,7-68H2,1-6H3,(H,83,84)(H,85,86)/t70?,71-,72-,73-/m1/s1. The third-order valence-electron chi connectivity index (χ3n) is 18.3. The van der Waals surface area contributed by atoms with E-state index in [-0.39, 0.29) is 25.7 Å². The zero-order valence-electron chi connectivity index (χ0n) is 62.7. The predicted octanol–water partition coefficient (Wildman–Crippen LogP) is 22.7. The van der Waals surface area contributed by atoms with Crippen LogP contribution in [-0.2, 0) is 65.4 Å². The van der Waals surface area contributed by atoms with Gasteiger partial charge in [0.15, 0.2) is 12.2 Å². The molecule has 0 saturated carbocycles. The van der Waals surface area contributed by atoms with Gasteiger partial charge in [0.25, 0.3) is 0 Å². The molecular formula is C77H150O17P2. The maximum Gasteiger partial charge on any atom is 0.472 e. The molecule has 0 aromatic heterocycles. The molecule has 0 aromatic rings. The Morgan fingerprint density at radius 3 is 0.792 bits per heavy atom. The molecule has 0 spiro atoms. The van der Waals surface area contributed by atoms with Crippen LogP contribution in [0.15, 0.2) is 0 Å². The fourth-order valence-corrected chi connectivity index (χ4v) is 13.4. The Morgan fingerprint density at radius 2 is 0.531 bits per heavy atom. The van der Waals surface area contributed by atoms with E-state index in [9.17, 15) is 43.2 Å². The molecule has 0 rings (SSSR count). The summed E-state index contributed by atoms with van der Waals surface area (Å²) < 4.78 is 68.6. The molecule has 0 aromatic carbocycles. The summed E-state index contributed by atoms with van der Waals surface area (Å²) in [4.78, 5) is 72.9. The van der Waals surface area contributed by atoms with Crippen molar-refractivity contribution in [1.29, 1.82) is 0 Å². The van der Waals surface area contributed by atoms with Gasteiger partial charge in [-0.1, -0.05) is 350 Å². The van der Waals surface area contributed by atoms with E-state index in [4.69, 9.17) is 37.0 Å². The molecule has 3 unspecified atom stereocenters. The SMILES string of the molecule is CCCCCCCCCCCCCCCCCC(=O)OC[C@H](COP(=O)(O)OC[C@@H](O)COP(=O)(O)OC[C@@H](COC(=O)CCCCCCCCCCCC(C)C)OC(=O)CCCCCCCCCCCCC(C)CC)OC(=O)CCCCCCCCCCCCCCCCC. The predicted molar refractivity (Wildman–Crippen MR) is 391 cm³/mol. The summed E-state index contributed by atoms with van der Waals surface area (Å²) in [5, 5.41) is 10.6. The van der Waals surface area contributed by atoms with Gasteiger partial charge in [0.05, 0.1) is 26.4 Å². The quantitative estimate of drug-likeness (QED) is 0.0222. The summed E-state index contributed by atoms with van der Waals surface area (Å²) in [6.07, 6.45) is 56.7. The molecule has 17 nitrogen and oxygen atoms in total. The van der Waals surface area contributed by atoms with E-state index >= 15 is 0 Å². The smallest absolute Gasteiger partial charge is 0.462 e. The van der Waals surface area contributed by atoms with E-state index in [1.807, 2.05) is 0 Å². The summed E-state index contributed by atoms with van der Waals surface area (Å²) in [5.41, 5.74) is 0. The number of rotatable bonds is 76. The molecule has 96 heavy (non-hydrogen) atoms. The molecule has 0 aliphatic carbocycles. The van der Waals surface area contributed by atoms with E-state index in [2.05, 4.69) is 41.5 Å². The van der Waals surface area contributed by atoms with Crippen LogP contribution < -0.4 is 0 Å².